The lowest BCUT2D eigenvalue weighted by Crippen LogP contribution is -2.60. The third-order valence-electron chi connectivity index (χ3n) is 10.5. The van der Waals surface area contributed by atoms with Crippen LogP contribution in [0.4, 0.5) is 33.5 Å². The Balaban J connectivity index is 1.33. The number of alkyl halides is 4. The lowest BCUT2D eigenvalue weighted by molar-refractivity contribution is -0.137. The van der Waals surface area contributed by atoms with Crippen molar-refractivity contribution in [2.24, 2.45) is 5.41 Å². The van der Waals surface area contributed by atoms with E-state index in [9.17, 15) is 17.6 Å². The highest BCUT2D eigenvalue weighted by atomic mass is 35.5. The van der Waals surface area contributed by atoms with Gasteiger partial charge in [0.2, 0.25) is 5.88 Å². The first kappa shape index (κ1) is 30.1. The smallest absolute Gasteiger partial charge is 0.418 e. The number of aromatic nitrogens is 3. The first-order valence-corrected chi connectivity index (χ1v) is 15.9. The summed E-state index contributed by atoms with van der Waals surface area (Å²) in [5, 5.41) is -0.559. The van der Waals surface area contributed by atoms with E-state index in [-0.39, 0.29) is 53.2 Å². The van der Waals surface area contributed by atoms with Crippen LogP contribution in [0.3, 0.4) is 0 Å². The van der Waals surface area contributed by atoms with Gasteiger partial charge in [-0.3, -0.25) is 4.90 Å². The van der Waals surface area contributed by atoms with Crippen LogP contribution in [0, 0.1) is 11.2 Å². The van der Waals surface area contributed by atoms with E-state index in [1.54, 1.807) is 0 Å². The fourth-order valence-electron chi connectivity index (χ4n) is 8.19. The van der Waals surface area contributed by atoms with Gasteiger partial charge in [0, 0.05) is 36.2 Å². The van der Waals surface area contributed by atoms with Crippen LogP contribution >= 0.6 is 11.6 Å². The Labute approximate surface area is 266 Å². The highest BCUT2D eigenvalue weighted by Crippen LogP contribution is 2.52. The van der Waals surface area contributed by atoms with Crippen molar-refractivity contribution in [3.05, 3.63) is 28.5 Å². The molecule has 4 fully saturated rings. The molecule has 2 aromatic heterocycles. The predicted molar refractivity (Wildman–Crippen MR) is 159 cm³/mol. The molecular weight excluding hydrogens is 635 g/mol. The predicted octanol–water partition coefficient (Wildman–Crippen LogP) is 5.81. The van der Waals surface area contributed by atoms with Gasteiger partial charge in [-0.25, -0.2) is 13.8 Å². The minimum Gasteiger partial charge on any atom is -0.476 e. The molecule has 1 aliphatic carbocycles. The molecule has 9 nitrogen and oxygen atoms in total. The van der Waals surface area contributed by atoms with E-state index in [0.29, 0.717) is 38.5 Å². The SMILES string of the molecule is Nc1cc(Cl)c(C(F)(F)F)c(-c2nc3c4c(nc(OC[C@@]56CCCN5C[C@H](F)C6)nc4c2F)N2CCOCC2C2(CCC2)CO3)c1. The topological polar surface area (TPSA) is 98.9 Å². The average Bonchev–Trinajstić information content (AvgIpc) is 3.50. The molecule has 5 aliphatic rings. The second-order valence-electron chi connectivity index (χ2n) is 13.2. The van der Waals surface area contributed by atoms with Crippen LogP contribution in [0.2, 0.25) is 5.02 Å². The van der Waals surface area contributed by atoms with Crippen LogP contribution < -0.4 is 20.1 Å². The number of nitrogens with zero attached hydrogens (tertiary/aromatic N) is 5. The number of benzene rings is 1. The van der Waals surface area contributed by atoms with E-state index in [2.05, 4.69) is 19.8 Å². The minimum absolute atomic E-state index is 0.0841. The second-order valence-corrected chi connectivity index (χ2v) is 13.6. The highest BCUT2D eigenvalue weighted by Gasteiger charge is 2.52. The number of hydrogen-bond donors (Lipinski definition) is 1. The van der Waals surface area contributed by atoms with Crippen molar-refractivity contribution in [2.75, 3.05) is 56.7 Å². The molecule has 1 saturated carbocycles. The number of morpholine rings is 1. The molecule has 1 unspecified atom stereocenters. The number of rotatable bonds is 4. The molecule has 8 rings (SSSR count). The Kier molecular flexibility index (Phi) is 6.97. The van der Waals surface area contributed by atoms with Crippen LogP contribution in [0.1, 0.15) is 44.1 Å². The van der Waals surface area contributed by atoms with Gasteiger partial charge in [0.15, 0.2) is 5.82 Å². The van der Waals surface area contributed by atoms with E-state index in [4.69, 9.17) is 36.5 Å². The van der Waals surface area contributed by atoms with Crippen molar-refractivity contribution < 1.29 is 36.2 Å². The van der Waals surface area contributed by atoms with Crippen LogP contribution in [0.15, 0.2) is 12.1 Å². The maximum atomic E-state index is 16.8. The van der Waals surface area contributed by atoms with Crippen LogP contribution in [0.25, 0.3) is 22.2 Å². The standard InChI is InChI=1S/C31H32ClF5N6O3/c32-19-10-17(38)9-18(22(19)31(35,36)37)24-23(34)25-21-26(41-28(40-25)46-15-30-5-2-6-42(30)12-16(33)11-30)43-7-8-44-13-20(43)29(3-1-4-29)14-45-27(21)39-24/h9-10,16,20H,1-8,11-15,38H2/t16-,20?,30+/m1/s1. The number of anilines is 2. The van der Waals surface area contributed by atoms with Gasteiger partial charge in [-0.2, -0.15) is 23.1 Å². The fraction of sp³-hybridized carbons (Fsp3) is 0.581. The average molecular weight is 667 g/mol. The monoisotopic (exact) mass is 666 g/mol. The van der Waals surface area contributed by atoms with Crippen molar-refractivity contribution >= 4 is 34.0 Å². The lowest BCUT2D eigenvalue weighted by atomic mass is 9.63. The Morgan fingerprint density at radius 3 is 2.70 bits per heavy atom. The number of nitrogen functional groups attached to an aromatic ring is 1. The third kappa shape index (κ3) is 4.65. The molecule has 6 heterocycles. The number of ether oxygens (including phenoxy) is 3. The zero-order valence-corrected chi connectivity index (χ0v) is 25.6. The highest BCUT2D eigenvalue weighted by molar-refractivity contribution is 6.32. The Bertz CT molecular complexity index is 1720. The zero-order valence-electron chi connectivity index (χ0n) is 24.8. The Morgan fingerprint density at radius 1 is 1.11 bits per heavy atom. The number of nitrogens with two attached hydrogens (primary N) is 1. The Morgan fingerprint density at radius 2 is 1.93 bits per heavy atom. The summed E-state index contributed by atoms with van der Waals surface area (Å²) in [5.74, 6) is -0.908. The van der Waals surface area contributed by atoms with Gasteiger partial charge >= 0.3 is 12.2 Å². The van der Waals surface area contributed by atoms with Crippen LogP contribution in [-0.2, 0) is 10.9 Å². The van der Waals surface area contributed by atoms with Gasteiger partial charge < -0.3 is 24.8 Å². The van der Waals surface area contributed by atoms with Gasteiger partial charge in [0.25, 0.3) is 0 Å². The number of pyridine rings is 1. The van der Waals surface area contributed by atoms with E-state index in [1.165, 1.54) is 0 Å². The van der Waals surface area contributed by atoms with Crippen LogP contribution in [0.5, 0.6) is 11.9 Å². The number of fused-ring (bicyclic) bond motifs is 4. The molecule has 0 bridgehead atoms. The molecule has 0 radical (unpaired) electrons. The van der Waals surface area contributed by atoms with Gasteiger partial charge in [-0.05, 0) is 44.4 Å². The second kappa shape index (κ2) is 10.6. The first-order valence-electron chi connectivity index (χ1n) is 15.5. The van der Waals surface area contributed by atoms with E-state index in [1.807, 2.05) is 0 Å². The van der Waals surface area contributed by atoms with Crippen molar-refractivity contribution in [3.63, 3.8) is 0 Å². The van der Waals surface area contributed by atoms with E-state index in [0.717, 1.165) is 50.8 Å². The maximum Gasteiger partial charge on any atom is 0.418 e. The summed E-state index contributed by atoms with van der Waals surface area (Å²) in [4.78, 5) is 17.7. The van der Waals surface area contributed by atoms with Crippen molar-refractivity contribution in [1.29, 1.82) is 0 Å². The van der Waals surface area contributed by atoms with E-state index >= 15 is 4.39 Å². The molecular formula is C31H32ClF5N6O3. The van der Waals surface area contributed by atoms with Crippen molar-refractivity contribution in [2.45, 2.75) is 62.5 Å². The Hall–Kier alpha value is -3.23. The first-order chi connectivity index (χ1) is 22.0. The summed E-state index contributed by atoms with van der Waals surface area (Å²) in [6, 6.07) is 1.65. The molecule has 1 aromatic carbocycles. The maximum absolute atomic E-state index is 16.8. The quantitative estimate of drug-likeness (QED) is 0.273. The molecule has 0 amide bonds. The molecule has 2 N–H and O–H groups in total. The van der Waals surface area contributed by atoms with Crippen LogP contribution in [-0.4, -0.2) is 83.7 Å². The molecule has 46 heavy (non-hydrogen) atoms. The van der Waals surface area contributed by atoms with Gasteiger partial charge in [-0.15, -0.1) is 0 Å². The van der Waals surface area contributed by atoms with E-state index < -0.39 is 45.5 Å². The zero-order chi connectivity index (χ0) is 32.0. The normalized spacial score (nSPS) is 27.1. The summed E-state index contributed by atoms with van der Waals surface area (Å²) in [7, 11) is 0. The molecule has 3 atom stereocenters. The summed E-state index contributed by atoms with van der Waals surface area (Å²) in [6.45, 7) is 2.59. The van der Waals surface area contributed by atoms with Crippen molar-refractivity contribution in [1.82, 2.24) is 19.9 Å². The molecule has 246 valence electrons. The van der Waals surface area contributed by atoms with Gasteiger partial charge in [-0.1, -0.05) is 18.0 Å². The molecule has 1 spiro atoms. The molecule has 4 aliphatic heterocycles. The molecule has 3 saturated heterocycles. The summed E-state index contributed by atoms with van der Waals surface area (Å²) >= 11 is 6.04. The third-order valence-corrected chi connectivity index (χ3v) is 10.8. The summed E-state index contributed by atoms with van der Waals surface area (Å²) in [6.07, 6.45) is -1.35. The molecule has 3 aromatic rings. The summed E-state index contributed by atoms with van der Waals surface area (Å²) < 4.78 is 92.6. The molecule has 15 heteroatoms. The lowest BCUT2D eigenvalue weighted by Gasteiger charge is -2.53. The van der Waals surface area contributed by atoms with Crippen molar-refractivity contribution in [3.8, 4) is 23.1 Å². The minimum atomic E-state index is -4.94. The number of halogens is 6. The number of hydrogen-bond acceptors (Lipinski definition) is 9. The largest absolute Gasteiger partial charge is 0.476 e. The van der Waals surface area contributed by atoms with Gasteiger partial charge in [0.1, 0.15) is 35.2 Å². The summed E-state index contributed by atoms with van der Waals surface area (Å²) in [5.41, 5.74) is 2.08. The van der Waals surface area contributed by atoms with Gasteiger partial charge in [0.05, 0.1) is 42.0 Å². The fourth-order valence-corrected chi connectivity index (χ4v) is 8.52.